The molecule has 0 bridgehead atoms. The summed E-state index contributed by atoms with van der Waals surface area (Å²) in [4.78, 5) is 0. The van der Waals surface area contributed by atoms with E-state index in [2.05, 4.69) is 0 Å². The molecule has 2 rings (SSSR count). The van der Waals surface area contributed by atoms with Crippen LogP contribution < -0.4 is 10.5 Å². The lowest BCUT2D eigenvalue weighted by Gasteiger charge is -2.11. The summed E-state index contributed by atoms with van der Waals surface area (Å²) in [6, 6.07) is 5.66. The summed E-state index contributed by atoms with van der Waals surface area (Å²) in [5.41, 5.74) is 6.50. The highest BCUT2D eigenvalue weighted by atomic mass is 35.5. The van der Waals surface area contributed by atoms with Crippen molar-refractivity contribution in [3.05, 3.63) is 28.8 Å². The van der Waals surface area contributed by atoms with E-state index in [0.29, 0.717) is 24.3 Å². The van der Waals surface area contributed by atoms with Crippen molar-refractivity contribution < 1.29 is 9.47 Å². The maximum Gasteiger partial charge on any atom is 0.120 e. The van der Waals surface area contributed by atoms with Gasteiger partial charge < -0.3 is 15.2 Å². The molecule has 2 N–H and O–H groups in total. The number of benzene rings is 1. The normalized spacial score (nSPS) is 19.1. The van der Waals surface area contributed by atoms with Gasteiger partial charge in [-0.3, -0.25) is 0 Å². The van der Waals surface area contributed by atoms with Gasteiger partial charge in [0.25, 0.3) is 0 Å². The van der Waals surface area contributed by atoms with Gasteiger partial charge in [-0.1, -0.05) is 17.7 Å². The zero-order valence-corrected chi connectivity index (χ0v) is 11.3. The first-order chi connectivity index (χ1) is 8.79. The fourth-order valence-corrected chi connectivity index (χ4v) is 2.40. The molecule has 0 aliphatic carbocycles. The molecule has 1 aromatic rings. The summed E-state index contributed by atoms with van der Waals surface area (Å²) in [6.45, 7) is 2.08. The lowest BCUT2D eigenvalue weighted by Crippen LogP contribution is -2.07. The van der Waals surface area contributed by atoms with Gasteiger partial charge in [-0.25, -0.2) is 0 Å². The average molecular weight is 270 g/mol. The van der Waals surface area contributed by atoms with Gasteiger partial charge >= 0.3 is 0 Å². The lowest BCUT2D eigenvalue weighted by atomic mass is 10.1. The number of ether oxygens (including phenoxy) is 2. The summed E-state index contributed by atoms with van der Waals surface area (Å²) in [6.07, 6.45) is 4.92. The highest BCUT2D eigenvalue weighted by Crippen LogP contribution is 2.23. The predicted octanol–water partition coefficient (Wildman–Crippen LogP) is 3.14. The Labute approximate surface area is 113 Å². The summed E-state index contributed by atoms with van der Waals surface area (Å²) in [5.74, 6) is 0.810. The maximum absolute atomic E-state index is 6.07. The minimum Gasteiger partial charge on any atom is -0.494 e. The van der Waals surface area contributed by atoms with Crippen molar-refractivity contribution in [2.45, 2.75) is 38.3 Å². The molecule has 0 saturated carbocycles. The van der Waals surface area contributed by atoms with Crippen molar-refractivity contribution in [2.75, 3.05) is 13.2 Å². The first kappa shape index (κ1) is 13.7. The fourth-order valence-electron chi connectivity index (χ4n) is 2.16. The molecule has 1 unspecified atom stereocenters. The molecule has 1 aromatic carbocycles. The Morgan fingerprint density at radius 2 is 2.33 bits per heavy atom. The van der Waals surface area contributed by atoms with Gasteiger partial charge in [0.15, 0.2) is 0 Å². The van der Waals surface area contributed by atoms with E-state index in [1.54, 1.807) is 0 Å². The molecule has 1 heterocycles. The number of rotatable bonds is 6. The van der Waals surface area contributed by atoms with Crippen LogP contribution in [0.1, 0.15) is 31.2 Å². The van der Waals surface area contributed by atoms with Crippen LogP contribution in [0.2, 0.25) is 5.02 Å². The minimum atomic E-state index is 0.441. The van der Waals surface area contributed by atoms with E-state index in [-0.39, 0.29) is 0 Å². The first-order valence-electron chi connectivity index (χ1n) is 6.52. The Morgan fingerprint density at radius 1 is 1.44 bits per heavy atom. The van der Waals surface area contributed by atoms with Gasteiger partial charge in [-0.15, -0.1) is 0 Å². The van der Waals surface area contributed by atoms with Crippen LogP contribution in [0.25, 0.3) is 0 Å². The molecule has 3 nitrogen and oxygen atoms in total. The van der Waals surface area contributed by atoms with Gasteiger partial charge in [-0.05, 0) is 43.4 Å². The standard InChI is InChI=1S/C14H20ClNO2/c15-14-9-13(6-5-11(14)10-16)18-8-2-4-12-3-1-7-17-12/h5-6,9,12H,1-4,7-8,10,16H2. The van der Waals surface area contributed by atoms with Crippen LogP contribution in [-0.2, 0) is 11.3 Å². The Morgan fingerprint density at radius 3 is 3.00 bits per heavy atom. The van der Waals surface area contributed by atoms with Gasteiger partial charge in [0.2, 0.25) is 0 Å². The third-order valence-corrected chi connectivity index (χ3v) is 3.56. The summed E-state index contributed by atoms with van der Waals surface area (Å²) in [5, 5.41) is 0.675. The second kappa shape index (κ2) is 6.98. The summed E-state index contributed by atoms with van der Waals surface area (Å²) in [7, 11) is 0. The second-order valence-electron chi connectivity index (χ2n) is 4.58. The van der Waals surface area contributed by atoms with Crippen LogP contribution in [0.15, 0.2) is 18.2 Å². The molecule has 100 valence electrons. The average Bonchev–Trinajstić information content (AvgIpc) is 2.88. The zero-order chi connectivity index (χ0) is 12.8. The maximum atomic E-state index is 6.07. The van der Waals surface area contributed by atoms with Crippen molar-refractivity contribution in [1.29, 1.82) is 0 Å². The first-order valence-corrected chi connectivity index (χ1v) is 6.90. The molecule has 0 radical (unpaired) electrons. The van der Waals surface area contributed by atoms with Crippen LogP contribution in [0.3, 0.4) is 0 Å². The Hall–Kier alpha value is -0.770. The Balaban J connectivity index is 1.71. The third kappa shape index (κ3) is 3.87. The van der Waals surface area contributed by atoms with E-state index >= 15 is 0 Å². The van der Waals surface area contributed by atoms with Crippen LogP contribution in [-0.4, -0.2) is 19.3 Å². The van der Waals surface area contributed by atoms with E-state index in [4.69, 9.17) is 26.8 Å². The summed E-state index contributed by atoms with van der Waals surface area (Å²) < 4.78 is 11.2. The van der Waals surface area contributed by atoms with Crippen molar-refractivity contribution >= 4 is 11.6 Å². The molecule has 1 saturated heterocycles. The van der Waals surface area contributed by atoms with E-state index in [0.717, 1.165) is 30.8 Å². The van der Waals surface area contributed by atoms with E-state index in [9.17, 15) is 0 Å². The van der Waals surface area contributed by atoms with Crippen molar-refractivity contribution in [3.8, 4) is 5.75 Å². The lowest BCUT2D eigenvalue weighted by molar-refractivity contribution is 0.0981. The molecule has 4 heteroatoms. The van der Waals surface area contributed by atoms with Crippen molar-refractivity contribution in [3.63, 3.8) is 0 Å². The predicted molar refractivity (Wildman–Crippen MR) is 73.0 cm³/mol. The Kier molecular flexibility index (Phi) is 5.29. The SMILES string of the molecule is NCc1ccc(OCCCC2CCCO2)cc1Cl. The Bertz CT molecular complexity index is 378. The molecule has 1 atom stereocenters. The highest BCUT2D eigenvalue weighted by Gasteiger charge is 2.14. The smallest absolute Gasteiger partial charge is 0.120 e. The van der Waals surface area contributed by atoms with Crippen LogP contribution in [0.5, 0.6) is 5.75 Å². The molecule has 18 heavy (non-hydrogen) atoms. The van der Waals surface area contributed by atoms with Crippen molar-refractivity contribution in [1.82, 2.24) is 0 Å². The van der Waals surface area contributed by atoms with Crippen molar-refractivity contribution in [2.24, 2.45) is 5.73 Å². The molecule has 0 spiro atoms. The molecule has 1 fully saturated rings. The van der Waals surface area contributed by atoms with E-state index in [1.807, 2.05) is 18.2 Å². The van der Waals surface area contributed by atoms with E-state index in [1.165, 1.54) is 12.8 Å². The molecular weight excluding hydrogens is 250 g/mol. The van der Waals surface area contributed by atoms with Crippen LogP contribution in [0.4, 0.5) is 0 Å². The topological polar surface area (TPSA) is 44.5 Å². The van der Waals surface area contributed by atoms with Crippen LogP contribution in [0, 0.1) is 0 Å². The fraction of sp³-hybridized carbons (Fsp3) is 0.571. The van der Waals surface area contributed by atoms with Gasteiger partial charge in [-0.2, -0.15) is 0 Å². The minimum absolute atomic E-state index is 0.441. The molecule has 0 amide bonds. The second-order valence-corrected chi connectivity index (χ2v) is 4.99. The largest absolute Gasteiger partial charge is 0.494 e. The summed E-state index contributed by atoms with van der Waals surface area (Å²) >= 11 is 6.07. The van der Waals surface area contributed by atoms with Crippen LogP contribution >= 0.6 is 11.6 Å². The molecule has 0 aromatic heterocycles. The van der Waals surface area contributed by atoms with Gasteiger partial charge in [0.05, 0.1) is 12.7 Å². The number of hydrogen-bond donors (Lipinski definition) is 1. The molecule has 1 aliphatic heterocycles. The third-order valence-electron chi connectivity index (χ3n) is 3.21. The molecule has 1 aliphatic rings. The zero-order valence-electron chi connectivity index (χ0n) is 10.5. The number of halogens is 1. The van der Waals surface area contributed by atoms with Gasteiger partial charge in [0.1, 0.15) is 5.75 Å². The van der Waals surface area contributed by atoms with Gasteiger partial charge in [0, 0.05) is 18.2 Å². The highest BCUT2D eigenvalue weighted by molar-refractivity contribution is 6.31. The quantitative estimate of drug-likeness (QED) is 0.807. The molecular formula is C14H20ClNO2. The number of nitrogens with two attached hydrogens (primary N) is 1. The van der Waals surface area contributed by atoms with E-state index < -0.39 is 0 Å². The number of hydrogen-bond acceptors (Lipinski definition) is 3. The monoisotopic (exact) mass is 269 g/mol.